The predicted octanol–water partition coefficient (Wildman–Crippen LogP) is 2.63. The molecule has 0 radical (unpaired) electrons. The van der Waals surface area contributed by atoms with Crippen LogP contribution in [0, 0.1) is 5.92 Å². The van der Waals surface area contributed by atoms with Crippen LogP contribution in [0.3, 0.4) is 0 Å². The van der Waals surface area contributed by atoms with Crippen molar-refractivity contribution in [2.45, 2.75) is 42.8 Å². The van der Waals surface area contributed by atoms with Gasteiger partial charge in [0.1, 0.15) is 0 Å². The number of rotatable bonds is 4. The lowest BCUT2D eigenvalue weighted by Gasteiger charge is -2.26. The van der Waals surface area contributed by atoms with Gasteiger partial charge in [0.25, 0.3) is 0 Å². The molecule has 2 rings (SSSR count). The van der Waals surface area contributed by atoms with Gasteiger partial charge in [-0.3, -0.25) is 4.79 Å². The van der Waals surface area contributed by atoms with Gasteiger partial charge in [-0.2, -0.15) is 13.2 Å². The lowest BCUT2D eigenvalue weighted by molar-refractivity contribution is -0.143. The van der Waals surface area contributed by atoms with E-state index in [9.17, 15) is 26.4 Å². The maximum Gasteiger partial charge on any atom is 0.416 e. The van der Waals surface area contributed by atoms with Crippen molar-refractivity contribution in [2.24, 2.45) is 5.92 Å². The van der Waals surface area contributed by atoms with Crippen LogP contribution in [0.2, 0.25) is 0 Å². The highest BCUT2D eigenvalue weighted by molar-refractivity contribution is 7.89. The number of halogens is 3. The molecule has 1 aromatic carbocycles. The number of carboxylic acids is 1. The largest absolute Gasteiger partial charge is 0.481 e. The molecule has 0 spiro atoms. The van der Waals surface area contributed by atoms with Crippen molar-refractivity contribution in [1.29, 1.82) is 0 Å². The van der Waals surface area contributed by atoms with Crippen LogP contribution < -0.4 is 4.72 Å². The fourth-order valence-corrected chi connectivity index (χ4v) is 3.94. The normalized spacial score (nSPS) is 22.7. The van der Waals surface area contributed by atoms with Gasteiger partial charge in [0.05, 0.1) is 16.4 Å². The zero-order chi connectivity index (χ0) is 17.3. The van der Waals surface area contributed by atoms with E-state index in [1.807, 2.05) is 0 Å². The minimum absolute atomic E-state index is 0.338. The Bertz CT molecular complexity index is 680. The number of nitrogens with one attached hydrogen (secondary N) is 1. The van der Waals surface area contributed by atoms with Gasteiger partial charge in [-0.25, -0.2) is 13.1 Å². The number of carbonyl (C=O) groups is 1. The summed E-state index contributed by atoms with van der Waals surface area (Å²) >= 11 is 0. The molecule has 23 heavy (non-hydrogen) atoms. The summed E-state index contributed by atoms with van der Waals surface area (Å²) < 4.78 is 64.7. The van der Waals surface area contributed by atoms with Crippen molar-refractivity contribution in [2.75, 3.05) is 0 Å². The molecule has 1 aromatic rings. The molecular formula is C14H16F3NO4S. The molecule has 0 atom stereocenters. The summed E-state index contributed by atoms with van der Waals surface area (Å²) in [5.74, 6) is -1.41. The average Bonchev–Trinajstić information content (AvgIpc) is 2.46. The van der Waals surface area contributed by atoms with Crippen LogP contribution >= 0.6 is 0 Å². The molecule has 0 amide bonds. The summed E-state index contributed by atoms with van der Waals surface area (Å²) in [6.45, 7) is 0. The summed E-state index contributed by atoms with van der Waals surface area (Å²) in [5, 5.41) is 8.90. The molecule has 0 saturated heterocycles. The van der Waals surface area contributed by atoms with E-state index in [1.54, 1.807) is 0 Å². The monoisotopic (exact) mass is 351 g/mol. The van der Waals surface area contributed by atoms with Crippen LogP contribution in [0.25, 0.3) is 0 Å². The minimum Gasteiger partial charge on any atom is -0.481 e. The van der Waals surface area contributed by atoms with Crippen LogP contribution in [-0.4, -0.2) is 25.5 Å². The second-order valence-electron chi connectivity index (χ2n) is 5.53. The smallest absolute Gasteiger partial charge is 0.416 e. The first-order valence-corrected chi connectivity index (χ1v) is 8.50. The van der Waals surface area contributed by atoms with Crippen LogP contribution in [0.15, 0.2) is 29.2 Å². The van der Waals surface area contributed by atoms with Crippen LogP contribution in [0.1, 0.15) is 31.2 Å². The standard InChI is InChI=1S/C14H16F3NO4S/c15-14(16,17)10-2-1-3-12(8-10)23(21,22)18-11-6-4-9(5-7-11)13(19)20/h1-3,8-9,11,18H,4-7H2,(H,19,20). The number of hydrogen-bond donors (Lipinski definition) is 2. The Balaban J connectivity index is 2.10. The second kappa shape index (κ2) is 6.48. The fraction of sp³-hybridized carbons (Fsp3) is 0.500. The number of carboxylic acid groups (broad SMARTS) is 1. The first kappa shape index (κ1) is 17.7. The molecule has 0 aromatic heterocycles. The number of hydrogen-bond acceptors (Lipinski definition) is 3. The number of aliphatic carboxylic acids is 1. The lowest BCUT2D eigenvalue weighted by Crippen LogP contribution is -2.38. The van der Waals surface area contributed by atoms with E-state index in [2.05, 4.69) is 4.72 Å². The molecule has 0 bridgehead atoms. The third-order valence-electron chi connectivity index (χ3n) is 3.87. The van der Waals surface area contributed by atoms with Crippen LogP contribution in [0.4, 0.5) is 13.2 Å². The minimum atomic E-state index is -4.62. The Morgan fingerprint density at radius 3 is 2.30 bits per heavy atom. The van der Waals surface area contributed by atoms with Gasteiger partial charge in [0.15, 0.2) is 0 Å². The molecule has 0 unspecified atom stereocenters. The van der Waals surface area contributed by atoms with Gasteiger partial charge in [-0.15, -0.1) is 0 Å². The molecular weight excluding hydrogens is 335 g/mol. The Kier molecular flexibility index (Phi) is 5.00. The van der Waals surface area contributed by atoms with E-state index in [1.165, 1.54) is 0 Å². The molecule has 0 aliphatic heterocycles. The van der Waals surface area contributed by atoms with Crippen molar-refractivity contribution in [3.05, 3.63) is 29.8 Å². The second-order valence-corrected chi connectivity index (χ2v) is 7.25. The molecule has 5 nitrogen and oxygen atoms in total. The Morgan fingerprint density at radius 2 is 1.78 bits per heavy atom. The third-order valence-corrected chi connectivity index (χ3v) is 5.39. The lowest BCUT2D eigenvalue weighted by atomic mass is 9.87. The van der Waals surface area contributed by atoms with E-state index in [0.29, 0.717) is 31.7 Å². The molecule has 9 heteroatoms. The highest BCUT2D eigenvalue weighted by Crippen LogP contribution is 2.31. The van der Waals surface area contributed by atoms with E-state index in [-0.39, 0.29) is 0 Å². The molecule has 0 heterocycles. The summed E-state index contributed by atoms with van der Waals surface area (Å²) in [5.41, 5.74) is -1.03. The van der Waals surface area contributed by atoms with Crippen molar-refractivity contribution in [1.82, 2.24) is 4.72 Å². The molecule has 1 aliphatic rings. The van der Waals surface area contributed by atoms with Crippen molar-refractivity contribution < 1.29 is 31.5 Å². The zero-order valence-electron chi connectivity index (χ0n) is 12.0. The highest BCUT2D eigenvalue weighted by atomic mass is 32.2. The molecule has 1 aliphatic carbocycles. The molecule has 2 N–H and O–H groups in total. The molecule has 1 saturated carbocycles. The zero-order valence-corrected chi connectivity index (χ0v) is 12.8. The first-order valence-electron chi connectivity index (χ1n) is 7.02. The third kappa shape index (κ3) is 4.44. The summed E-state index contributed by atoms with van der Waals surface area (Å²) in [6.07, 6.45) is -3.26. The number of alkyl halides is 3. The summed E-state index contributed by atoms with van der Waals surface area (Å²) in [4.78, 5) is 10.4. The van der Waals surface area contributed by atoms with Gasteiger partial charge in [0.2, 0.25) is 10.0 Å². The van der Waals surface area contributed by atoms with Gasteiger partial charge in [-0.05, 0) is 43.9 Å². The van der Waals surface area contributed by atoms with E-state index in [4.69, 9.17) is 5.11 Å². The average molecular weight is 351 g/mol. The van der Waals surface area contributed by atoms with Gasteiger partial charge in [-0.1, -0.05) is 6.07 Å². The summed E-state index contributed by atoms with van der Waals surface area (Å²) in [7, 11) is -4.08. The predicted molar refractivity (Wildman–Crippen MR) is 75.1 cm³/mol. The maximum atomic E-state index is 12.7. The fourth-order valence-electron chi connectivity index (χ4n) is 2.59. The van der Waals surface area contributed by atoms with E-state index in [0.717, 1.165) is 18.2 Å². The molecule has 1 fully saturated rings. The van der Waals surface area contributed by atoms with Crippen molar-refractivity contribution in [3.63, 3.8) is 0 Å². The summed E-state index contributed by atoms with van der Waals surface area (Å²) in [6, 6.07) is 3.06. The van der Waals surface area contributed by atoms with Crippen molar-refractivity contribution in [3.8, 4) is 0 Å². The maximum absolute atomic E-state index is 12.7. The topological polar surface area (TPSA) is 83.5 Å². The van der Waals surface area contributed by atoms with Crippen LogP contribution in [-0.2, 0) is 21.0 Å². The van der Waals surface area contributed by atoms with Gasteiger partial charge < -0.3 is 5.11 Å². The van der Waals surface area contributed by atoms with E-state index >= 15 is 0 Å². The Hall–Kier alpha value is -1.61. The number of benzene rings is 1. The number of sulfonamides is 1. The molecule has 128 valence electrons. The Labute approximate surface area is 131 Å². The first-order chi connectivity index (χ1) is 10.6. The van der Waals surface area contributed by atoms with Gasteiger partial charge >= 0.3 is 12.1 Å². The van der Waals surface area contributed by atoms with Crippen LogP contribution in [0.5, 0.6) is 0 Å². The van der Waals surface area contributed by atoms with Gasteiger partial charge in [0, 0.05) is 6.04 Å². The highest BCUT2D eigenvalue weighted by Gasteiger charge is 2.33. The Morgan fingerprint density at radius 1 is 1.17 bits per heavy atom. The SMILES string of the molecule is O=C(O)C1CCC(NS(=O)(=O)c2cccc(C(F)(F)F)c2)CC1. The van der Waals surface area contributed by atoms with E-state index < -0.39 is 44.6 Å². The quantitative estimate of drug-likeness (QED) is 0.873. The van der Waals surface area contributed by atoms with Crippen molar-refractivity contribution >= 4 is 16.0 Å².